The van der Waals surface area contributed by atoms with Gasteiger partial charge in [0.2, 0.25) is 11.8 Å². The molecule has 0 fully saturated rings. The molecule has 160 valence electrons. The molecule has 6 heteroatoms. The summed E-state index contributed by atoms with van der Waals surface area (Å²) < 4.78 is 0. The lowest BCUT2D eigenvalue weighted by Crippen LogP contribution is -2.43. The van der Waals surface area contributed by atoms with E-state index in [0.29, 0.717) is 6.42 Å². The Morgan fingerprint density at radius 2 is 1.46 bits per heavy atom. The van der Waals surface area contributed by atoms with E-state index in [1.54, 1.807) is 0 Å². The van der Waals surface area contributed by atoms with Crippen LogP contribution >= 0.6 is 0 Å². The fourth-order valence-electron chi connectivity index (χ4n) is 2.76. The molecule has 0 aliphatic heterocycles. The average molecular weight is 395 g/mol. The zero-order valence-electron chi connectivity index (χ0n) is 17.3. The van der Waals surface area contributed by atoms with E-state index in [1.807, 2.05) is 0 Å². The molecule has 2 amide bonds. The van der Waals surface area contributed by atoms with Crippen molar-refractivity contribution in [3.05, 3.63) is 24.3 Å². The SMILES string of the molecule is CCCCC/C=C/C/C=C/CCCCCCCC(=O)N[C@@H](CC(N)=O)C(=O)O. The molecule has 0 aromatic heterocycles. The van der Waals surface area contributed by atoms with Crippen molar-refractivity contribution in [1.82, 2.24) is 5.32 Å². The lowest BCUT2D eigenvalue weighted by molar-refractivity contribution is -0.143. The topological polar surface area (TPSA) is 109 Å². The number of rotatable bonds is 18. The van der Waals surface area contributed by atoms with Crippen LogP contribution in [-0.2, 0) is 14.4 Å². The summed E-state index contributed by atoms with van der Waals surface area (Å²) in [6, 6.07) is -1.23. The van der Waals surface area contributed by atoms with E-state index in [1.165, 1.54) is 25.7 Å². The summed E-state index contributed by atoms with van der Waals surface area (Å²) in [4.78, 5) is 33.5. The minimum atomic E-state index is -1.24. The van der Waals surface area contributed by atoms with E-state index in [-0.39, 0.29) is 18.7 Å². The predicted octanol–water partition coefficient (Wildman–Crippen LogP) is 4.24. The Kier molecular flexibility index (Phi) is 16.9. The molecule has 0 bridgehead atoms. The summed E-state index contributed by atoms with van der Waals surface area (Å²) in [5.41, 5.74) is 4.98. The maximum Gasteiger partial charge on any atom is 0.326 e. The van der Waals surface area contributed by atoms with Crippen LogP contribution in [-0.4, -0.2) is 28.9 Å². The first-order valence-electron chi connectivity index (χ1n) is 10.6. The van der Waals surface area contributed by atoms with Crippen molar-refractivity contribution < 1.29 is 19.5 Å². The molecular formula is C22H38N2O4. The van der Waals surface area contributed by atoms with Crippen molar-refractivity contribution in [2.45, 2.75) is 96.4 Å². The molecule has 0 heterocycles. The van der Waals surface area contributed by atoms with Crippen LogP contribution in [0.5, 0.6) is 0 Å². The van der Waals surface area contributed by atoms with Gasteiger partial charge in [-0.15, -0.1) is 0 Å². The minimum absolute atomic E-state index is 0.271. The van der Waals surface area contributed by atoms with Gasteiger partial charge >= 0.3 is 5.97 Å². The largest absolute Gasteiger partial charge is 0.480 e. The maximum absolute atomic E-state index is 11.7. The van der Waals surface area contributed by atoms with E-state index >= 15 is 0 Å². The van der Waals surface area contributed by atoms with Gasteiger partial charge in [0.15, 0.2) is 0 Å². The van der Waals surface area contributed by atoms with Gasteiger partial charge in [0.05, 0.1) is 6.42 Å². The number of allylic oxidation sites excluding steroid dienone is 4. The first-order valence-corrected chi connectivity index (χ1v) is 10.6. The first-order chi connectivity index (χ1) is 13.5. The van der Waals surface area contributed by atoms with Gasteiger partial charge in [-0.05, 0) is 38.5 Å². The smallest absolute Gasteiger partial charge is 0.326 e. The van der Waals surface area contributed by atoms with Crippen molar-refractivity contribution in [2.24, 2.45) is 5.73 Å². The minimum Gasteiger partial charge on any atom is -0.480 e. The molecule has 0 aromatic rings. The molecule has 0 aliphatic rings. The van der Waals surface area contributed by atoms with Crippen molar-refractivity contribution in [3.63, 3.8) is 0 Å². The second kappa shape index (κ2) is 18.3. The third-order valence-electron chi connectivity index (χ3n) is 4.39. The van der Waals surface area contributed by atoms with Crippen LogP contribution in [0.4, 0.5) is 0 Å². The van der Waals surface area contributed by atoms with E-state index in [9.17, 15) is 14.4 Å². The molecule has 0 rings (SSSR count). The molecule has 0 spiro atoms. The molecule has 1 atom stereocenters. The average Bonchev–Trinajstić information content (AvgIpc) is 2.64. The summed E-state index contributed by atoms with van der Waals surface area (Å²) in [5, 5.41) is 11.3. The number of aliphatic carboxylic acids is 1. The molecule has 6 nitrogen and oxygen atoms in total. The number of carbonyl (C=O) groups is 3. The first kappa shape index (κ1) is 25.9. The Balaban J connectivity index is 3.58. The van der Waals surface area contributed by atoms with Gasteiger partial charge < -0.3 is 16.2 Å². The van der Waals surface area contributed by atoms with Crippen LogP contribution in [0.1, 0.15) is 90.4 Å². The Hall–Kier alpha value is -2.11. The summed E-state index contributed by atoms with van der Waals surface area (Å²) >= 11 is 0. The monoisotopic (exact) mass is 394 g/mol. The Morgan fingerprint density at radius 1 is 0.893 bits per heavy atom. The molecule has 4 N–H and O–H groups in total. The quantitative estimate of drug-likeness (QED) is 0.238. The zero-order chi connectivity index (χ0) is 21.0. The second-order valence-corrected chi connectivity index (χ2v) is 7.11. The molecule has 0 saturated carbocycles. The highest BCUT2D eigenvalue weighted by Gasteiger charge is 2.21. The summed E-state index contributed by atoms with van der Waals surface area (Å²) in [7, 11) is 0. The molecule has 0 aliphatic carbocycles. The van der Waals surface area contributed by atoms with E-state index < -0.39 is 17.9 Å². The standard InChI is InChI=1S/C22H38N2O4/c1-2-3-4-5-6-7-8-9-10-11-12-13-14-15-16-17-21(26)24-19(22(27)28)18-20(23)25/h6-7,9-10,19H,2-5,8,11-18H2,1H3,(H2,23,25)(H,24,26)(H,27,28)/b7-6+,10-9+/t19-/m0/s1. The number of unbranched alkanes of at least 4 members (excludes halogenated alkanes) is 8. The lowest BCUT2D eigenvalue weighted by Gasteiger charge is -2.12. The normalized spacial score (nSPS) is 12.5. The number of nitrogens with one attached hydrogen (secondary N) is 1. The van der Waals surface area contributed by atoms with Gasteiger partial charge in [-0.3, -0.25) is 9.59 Å². The van der Waals surface area contributed by atoms with Crippen molar-refractivity contribution in [3.8, 4) is 0 Å². The third kappa shape index (κ3) is 17.3. The zero-order valence-corrected chi connectivity index (χ0v) is 17.3. The van der Waals surface area contributed by atoms with Crippen LogP contribution in [0, 0.1) is 0 Å². The van der Waals surface area contributed by atoms with Crippen LogP contribution in [0.3, 0.4) is 0 Å². The van der Waals surface area contributed by atoms with Gasteiger partial charge in [-0.25, -0.2) is 4.79 Å². The van der Waals surface area contributed by atoms with Gasteiger partial charge in [-0.2, -0.15) is 0 Å². The maximum atomic E-state index is 11.7. The molecule has 0 aromatic carbocycles. The number of primary amides is 1. The van der Waals surface area contributed by atoms with Gasteiger partial charge in [0.25, 0.3) is 0 Å². The Bertz CT molecular complexity index is 501. The number of hydrogen-bond donors (Lipinski definition) is 3. The second-order valence-electron chi connectivity index (χ2n) is 7.11. The van der Waals surface area contributed by atoms with Crippen molar-refractivity contribution in [2.75, 3.05) is 0 Å². The highest BCUT2D eigenvalue weighted by atomic mass is 16.4. The molecule has 28 heavy (non-hydrogen) atoms. The summed E-state index contributed by atoms with van der Waals surface area (Å²) in [5.74, 6) is -2.34. The fraction of sp³-hybridized carbons (Fsp3) is 0.682. The summed E-state index contributed by atoms with van der Waals surface area (Å²) in [6.45, 7) is 2.22. The number of hydrogen-bond acceptors (Lipinski definition) is 3. The van der Waals surface area contributed by atoms with Gasteiger partial charge in [0, 0.05) is 6.42 Å². The molecule has 0 radical (unpaired) electrons. The number of nitrogens with two attached hydrogens (primary N) is 1. The Labute approximate surface area is 169 Å². The molecule has 0 unspecified atom stereocenters. The summed E-state index contributed by atoms with van der Waals surface area (Å²) in [6.07, 6.45) is 20.9. The lowest BCUT2D eigenvalue weighted by atomic mass is 10.1. The highest BCUT2D eigenvalue weighted by molar-refractivity contribution is 5.88. The third-order valence-corrected chi connectivity index (χ3v) is 4.39. The van der Waals surface area contributed by atoms with Crippen molar-refractivity contribution >= 4 is 17.8 Å². The van der Waals surface area contributed by atoms with Crippen LogP contribution in [0.15, 0.2) is 24.3 Å². The fourth-order valence-corrected chi connectivity index (χ4v) is 2.76. The predicted molar refractivity (Wildman–Crippen MR) is 113 cm³/mol. The number of amides is 2. The number of carboxylic acid groups (broad SMARTS) is 1. The van der Waals surface area contributed by atoms with Crippen molar-refractivity contribution in [1.29, 1.82) is 0 Å². The number of carboxylic acids is 1. The molecular weight excluding hydrogens is 356 g/mol. The van der Waals surface area contributed by atoms with E-state index in [2.05, 4.69) is 36.5 Å². The van der Waals surface area contributed by atoms with Gasteiger partial charge in [-0.1, -0.05) is 63.3 Å². The van der Waals surface area contributed by atoms with Gasteiger partial charge in [0.1, 0.15) is 6.04 Å². The van der Waals surface area contributed by atoms with Crippen LogP contribution in [0.2, 0.25) is 0 Å². The van der Waals surface area contributed by atoms with Crippen LogP contribution in [0.25, 0.3) is 0 Å². The highest BCUT2D eigenvalue weighted by Crippen LogP contribution is 2.08. The Morgan fingerprint density at radius 3 is 2.04 bits per heavy atom. The molecule has 0 saturated heterocycles. The van der Waals surface area contributed by atoms with E-state index in [4.69, 9.17) is 10.8 Å². The number of carbonyl (C=O) groups excluding carboxylic acids is 2. The van der Waals surface area contributed by atoms with E-state index in [0.717, 1.165) is 38.5 Å². The van der Waals surface area contributed by atoms with Crippen LogP contribution < -0.4 is 11.1 Å².